The molecule has 0 spiro atoms. The zero-order valence-corrected chi connectivity index (χ0v) is 12.4. The van der Waals surface area contributed by atoms with Gasteiger partial charge < -0.3 is 11.1 Å². The van der Waals surface area contributed by atoms with Gasteiger partial charge in [-0.25, -0.2) is 0 Å². The van der Waals surface area contributed by atoms with Crippen LogP contribution in [-0.2, 0) is 0 Å². The van der Waals surface area contributed by atoms with Crippen molar-refractivity contribution in [3.63, 3.8) is 0 Å². The molecular formula is C15H15ClN2S. The molecule has 0 radical (unpaired) electrons. The van der Waals surface area contributed by atoms with Gasteiger partial charge in [0.25, 0.3) is 0 Å². The van der Waals surface area contributed by atoms with Crippen LogP contribution in [0.25, 0.3) is 0 Å². The monoisotopic (exact) mass is 290 g/mol. The number of aryl methyl sites for hydroxylation is 2. The van der Waals surface area contributed by atoms with Crippen molar-refractivity contribution < 1.29 is 0 Å². The average Bonchev–Trinajstić information content (AvgIpc) is 2.32. The predicted octanol–water partition coefficient (Wildman–Crippen LogP) is 4.33. The highest BCUT2D eigenvalue weighted by atomic mass is 35.5. The topological polar surface area (TPSA) is 38.0 Å². The summed E-state index contributed by atoms with van der Waals surface area (Å²) in [6, 6.07) is 11.7. The summed E-state index contributed by atoms with van der Waals surface area (Å²) in [5, 5.41) is 4.09. The lowest BCUT2D eigenvalue weighted by atomic mass is 10.1. The highest BCUT2D eigenvalue weighted by Crippen LogP contribution is 2.26. The Balaban J connectivity index is 2.42. The van der Waals surface area contributed by atoms with Crippen LogP contribution in [0, 0.1) is 13.8 Å². The van der Waals surface area contributed by atoms with E-state index in [4.69, 9.17) is 29.6 Å². The van der Waals surface area contributed by atoms with Crippen LogP contribution < -0.4 is 11.1 Å². The van der Waals surface area contributed by atoms with Crippen LogP contribution >= 0.6 is 23.8 Å². The van der Waals surface area contributed by atoms with E-state index in [-0.39, 0.29) is 0 Å². The first-order valence-corrected chi connectivity index (χ1v) is 6.69. The van der Waals surface area contributed by atoms with E-state index in [2.05, 4.69) is 5.32 Å². The van der Waals surface area contributed by atoms with E-state index >= 15 is 0 Å². The number of hydrogen-bond donors (Lipinski definition) is 2. The highest BCUT2D eigenvalue weighted by Gasteiger charge is 2.07. The summed E-state index contributed by atoms with van der Waals surface area (Å²) in [6.45, 7) is 4.04. The van der Waals surface area contributed by atoms with E-state index in [1.807, 2.05) is 50.2 Å². The van der Waals surface area contributed by atoms with Gasteiger partial charge in [-0.2, -0.15) is 0 Å². The first-order valence-electron chi connectivity index (χ1n) is 5.91. The molecule has 0 aromatic heterocycles. The van der Waals surface area contributed by atoms with Crippen LogP contribution in [-0.4, -0.2) is 4.99 Å². The summed E-state index contributed by atoms with van der Waals surface area (Å²) >= 11 is 11.0. The predicted molar refractivity (Wildman–Crippen MR) is 86.5 cm³/mol. The van der Waals surface area contributed by atoms with Gasteiger partial charge in [0, 0.05) is 22.0 Å². The molecule has 19 heavy (non-hydrogen) atoms. The maximum atomic E-state index is 5.96. The van der Waals surface area contributed by atoms with Crippen LogP contribution in [0.15, 0.2) is 36.4 Å². The molecule has 0 bridgehead atoms. The number of nitrogens with two attached hydrogens (primary N) is 1. The Morgan fingerprint density at radius 2 is 1.84 bits per heavy atom. The minimum Gasteiger partial charge on any atom is -0.389 e. The maximum Gasteiger partial charge on any atom is 0.106 e. The lowest BCUT2D eigenvalue weighted by molar-refractivity contribution is 1.40. The van der Waals surface area contributed by atoms with Gasteiger partial charge in [-0.05, 0) is 55.3 Å². The largest absolute Gasteiger partial charge is 0.389 e. The van der Waals surface area contributed by atoms with Gasteiger partial charge in [0.2, 0.25) is 0 Å². The molecule has 0 aliphatic heterocycles. The fourth-order valence-corrected chi connectivity index (χ4v) is 2.29. The van der Waals surface area contributed by atoms with Crippen molar-refractivity contribution in [2.24, 2.45) is 5.73 Å². The van der Waals surface area contributed by atoms with Crippen LogP contribution in [0.5, 0.6) is 0 Å². The fourth-order valence-electron chi connectivity index (χ4n) is 1.89. The molecule has 0 saturated carbocycles. The van der Waals surface area contributed by atoms with Crippen LogP contribution in [0.3, 0.4) is 0 Å². The highest BCUT2D eigenvalue weighted by molar-refractivity contribution is 7.80. The van der Waals surface area contributed by atoms with E-state index in [0.29, 0.717) is 4.99 Å². The fraction of sp³-hybridized carbons (Fsp3) is 0.133. The Morgan fingerprint density at radius 1 is 1.11 bits per heavy atom. The first kappa shape index (κ1) is 13.8. The number of thiocarbonyl (C=S) groups is 1. The van der Waals surface area contributed by atoms with Crippen molar-refractivity contribution in [1.29, 1.82) is 0 Å². The van der Waals surface area contributed by atoms with Gasteiger partial charge in [-0.1, -0.05) is 29.9 Å². The quantitative estimate of drug-likeness (QED) is 0.826. The summed E-state index contributed by atoms with van der Waals surface area (Å²) in [6.07, 6.45) is 0. The van der Waals surface area contributed by atoms with E-state index in [1.165, 1.54) is 0 Å². The second-order valence-corrected chi connectivity index (χ2v) is 5.37. The molecule has 2 aromatic carbocycles. The van der Waals surface area contributed by atoms with Crippen molar-refractivity contribution in [2.75, 3.05) is 5.32 Å². The molecule has 98 valence electrons. The van der Waals surface area contributed by atoms with E-state index < -0.39 is 0 Å². The molecule has 2 nitrogen and oxygen atoms in total. The first-order chi connectivity index (χ1) is 8.97. The van der Waals surface area contributed by atoms with E-state index in [1.54, 1.807) is 0 Å². The van der Waals surface area contributed by atoms with Crippen LogP contribution in [0.2, 0.25) is 5.02 Å². The summed E-state index contributed by atoms with van der Waals surface area (Å²) in [4.78, 5) is 0.383. The van der Waals surface area contributed by atoms with Gasteiger partial charge >= 0.3 is 0 Å². The van der Waals surface area contributed by atoms with E-state index in [0.717, 1.165) is 33.1 Å². The zero-order valence-electron chi connectivity index (χ0n) is 10.8. The molecular weight excluding hydrogens is 276 g/mol. The van der Waals surface area contributed by atoms with Gasteiger partial charge in [0.1, 0.15) is 4.99 Å². The van der Waals surface area contributed by atoms with Crippen molar-refractivity contribution in [2.45, 2.75) is 13.8 Å². The normalized spacial score (nSPS) is 10.3. The molecule has 0 fully saturated rings. The third kappa shape index (κ3) is 3.25. The molecule has 3 N–H and O–H groups in total. The third-order valence-corrected chi connectivity index (χ3v) is 3.35. The van der Waals surface area contributed by atoms with Gasteiger partial charge in [-0.3, -0.25) is 0 Å². The molecule has 0 unspecified atom stereocenters. The number of nitrogens with one attached hydrogen (secondary N) is 1. The van der Waals surface area contributed by atoms with Crippen molar-refractivity contribution >= 4 is 40.2 Å². The molecule has 2 rings (SSSR count). The number of anilines is 2. The molecule has 0 amide bonds. The molecule has 2 aromatic rings. The number of hydrogen-bond acceptors (Lipinski definition) is 2. The Kier molecular flexibility index (Phi) is 4.08. The summed E-state index contributed by atoms with van der Waals surface area (Å²) < 4.78 is 0. The second-order valence-electron chi connectivity index (χ2n) is 4.50. The zero-order chi connectivity index (χ0) is 14.0. The van der Waals surface area contributed by atoms with Gasteiger partial charge in [0.05, 0.1) is 0 Å². The SMILES string of the molecule is Cc1ccc(C(N)=S)c(Nc2ccc(Cl)cc2C)c1. The second kappa shape index (κ2) is 5.59. The number of rotatable bonds is 3. The average molecular weight is 291 g/mol. The van der Waals surface area contributed by atoms with Crippen molar-refractivity contribution in [3.8, 4) is 0 Å². The molecule has 0 aliphatic rings. The van der Waals surface area contributed by atoms with Crippen molar-refractivity contribution in [3.05, 3.63) is 58.1 Å². The molecule has 0 saturated heterocycles. The molecule has 4 heteroatoms. The Labute approximate surface area is 123 Å². The maximum absolute atomic E-state index is 5.96. The Hall–Kier alpha value is -1.58. The van der Waals surface area contributed by atoms with E-state index in [9.17, 15) is 0 Å². The molecule has 0 heterocycles. The van der Waals surface area contributed by atoms with Gasteiger partial charge in [0.15, 0.2) is 0 Å². The Morgan fingerprint density at radius 3 is 2.47 bits per heavy atom. The van der Waals surface area contributed by atoms with Crippen LogP contribution in [0.1, 0.15) is 16.7 Å². The standard InChI is InChI=1S/C15H15ClN2S/c1-9-3-5-12(15(17)19)14(7-9)18-13-6-4-11(16)8-10(13)2/h3-8,18H,1-2H3,(H2,17,19). The number of halogens is 1. The smallest absolute Gasteiger partial charge is 0.106 e. The van der Waals surface area contributed by atoms with Gasteiger partial charge in [-0.15, -0.1) is 0 Å². The third-order valence-electron chi connectivity index (χ3n) is 2.90. The minimum absolute atomic E-state index is 0.383. The summed E-state index contributed by atoms with van der Waals surface area (Å²) in [7, 11) is 0. The Bertz CT molecular complexity index is 638. The minimum atomic E-state index is 0.383. The molecule has 0 aliphatic carbocycles. The van der Waals surface area contributed by atoms with Crippen molar-refractivity contribution in [1.82, 2.24) is 0 Å². The number of benzene rings is 2. The lowest BCUT2D eigenvalue weighted by Crippen LogP contribution is -2.12. The summed E-state index contributed by atoms with van der Waals surface area (Å²) in [5.41, 5.74) is 10.7. The molecule has 0 atom stereocenters. The van der Waals surface area contributed by atoms with Crippen LogP contribution in [0.4, 0.5) is 11.4 Å². The lowest BCUT2D eigenvalue weighted by Gasteiger charge is -2.14. The summed E-state index contributed by atoms with van der Waals surface area (Å²) in [5.74, 6) is 0.